The van der Waals surface area contributed by atoms with Gasteiger partial charge in [-0.3, -0.25) is 9.52 Å². The Kier molecular flexibility index (Phi) is 8.13. The van der Waals surface area contributed by atoms with Crippen molar-refractivity contribution in [1.29, 1.82) is 0 Å². The number of benzene rings is 4. The molecule has 4 aromatic carbocycles. The Balaban J connectivity index is 1.56. The number of methoxy groups -OCH3 is 2. The Labute approximate surface area is 222 Å². The second-order valence-electron chi connectivity index (χ2n) is 8.48. The van der Waals surface area contributed by atoms with Crippen LogP contribution in [0.15, 0.2) is 102 Å². The number of hydrogen-bond donors (Lipinski definition) is 2. The molecule has 0 atom stereocenters. The van der Waals surface area contributed by atoms with E-state index in [0.717, 1.165) is 22.4 Å². The molecular weight excluding hydrogens is 500 g/mol. The quantitative estimate of drug-likeness (QED) is 0.206. The molecule has 4 aromatic rings. The van der Waals surface area contributed by atoms with Gasteiger partial charge in [-0.25, -0.2) is 8.42 Å². The summed E-state index contributed by atoms with van der Waals surface area (Å²) in [5, 5.41) is 2.87. The van der Waals surface area contributed by atoms with Gasteiger partial charge in [0.15, 0.2) is 0 Å². The first-order valence-corrected chi connectivity index (χ1v) is 13.3. The summed E-state index contributed by atoms with van der Waals surface area (Å²) >= 11 is 0. The minimum absolute atomic E-state index is 0.0520. The molecular formula is C30H28N2O5S. The van der Waals surface area contributed by atoms with Crippen molar-refractivity contribution >= 4 is 39.0 Å². The number of sulfonamides is 1. The monoisotopic (exact) mass is 528 g/mol. The molecule has 2 N–H and O–H groups in total. The van der Waals surface area contributed by atoms with Crippen molar-refractivity contribution in [3.8, 4) is 11.5 Å². The summed E-state index contributed by atoms with van der Waals surface area (Å²) in [5.74, 6) is 0.809. The van der Waals surface area contributed by atoms with Crippen LogP contribution in [0.4, 0.5) is 11.4 Å². The van der Waals surface area contributed by atoms with Gasteiger partial charge in [-0.15, -0.1) is 0 Å². The van der Waals surface area contributed by atoms with Gasteiger partial charge in [0, 0.05) is 11.3 Å². The summed E-state index contributed by atoms with van der Waals surface area (Å²) in [5.41, 5.74) is 3.73. The van der Waals surface area contributed by atoms with Crippen LogP contribution in [0.3, 0.4) is 0 Å². The normalized spacial score (nSPS) is 11.5. The first-order valence-electron chi connectivity index (χ1n) is 11.8. The number of aryl methyl sites for hydroxylation is 1. The fraction of sp³-hybridized carbons (Fsp3) is 0.100. The van der Waals surface area contributed by atoms with Crippen molar-refractivity contribution < 1.29 is 22.7 Å². The van der Waals surface area contributed by atoms with Gasteiger partial charge in [0.25, 0.3) is 15.9 Å². The summed E-state index contributed by atoms with van der Waals surface area (Å²) in [6.45, 7) is 1.86. The van der Waals surface area contributed by atoms with Gasteiger partial charge in [-0.2, -0.15) is 0 Å². The molecule has 38 heavy (non-hydrogen) atoms. The van der Waals surface area contributed by atoms with Crippen molar-refractivity contribution in [2.24, 2.45) is 0 Å². The number of rotatable bonds is 9. The third-order valence-corrected chi connectivity index (χ3v) is 7.16. The van der Waals surface area contributed by atoms with E-state index >= 15 is 0 Å². The Bertz CT molecular complexity index is 1550. The Morgan fingerprint density at radius 1 is 0.816 bits per heavy atom. The van der Waals surface area contributed by atoms with Crippen molar-refractivity contribution in [1.82, 2.24) is 0 Å². The molecule has 0 saturated carbocycles. The van der Waals surface area contributed by atoms with Gasteiger partial charge >= 0.3 is 0 Å². The minimum Gasteiger partial charge on any atom is -0.497 e. The molecule has 0 fully saturated rings. The molecule has 4 rings (SSSR count). The van der Waals surface area contributed by atoms with Crippen LogP contribution in [-0.2, 0) is 14.8 Å². The minimum atomic E-state index is -3.88. The van der Waals surface area contributed by atoms with E-state index in [9.17, 15) is 13.2 Å². The summed E-state index contributed by atoms with van der Waals surface area (Å²) in [6, 6.07) is 27.9. The van der Waals surface area contributed by atoms with E-state index in [1.165, 1.54) is 19.2 Å². The lowest BCUT2D eigenvalue weighted by Gasteiger charge is -2.13. The molecule has 0 heterocycles. The van der Waals surface area contributed by atoms with Crippen molar-refractivity contribution in [2.75, 3.05) is 24.3 Å². The molecule has 0 aliphatic heterocycles. The van der Waals surface area contributed by atoms with Crippen molar-refractivity contribution in [3.63, 3.8) is 0 Å². The topological polar surface area (TPSA) is 93.7 Å². The molecule has 1 amide bonds. The van der Waals surface area contributed by atoms with Gasteiger partial charge in [0.05, 0.1) is 24.8 Å². The zero-order chi connectivity index (χ0) is 27.1. The van der Waals surface area contributed by atoms with E-state index in [4.69, 9.17) is 9.47 Å². The zero-order valence-corrected chi connectivity index (χ0v) is 22.1. The van der Waals surface area contributed by atoms with Crippen LogP contribution in [0, 0.1) is 6.92 Å². The SMILES string of the molecule is COc1ccc(/C=C(/C(=O)Nc2ccc(S(=O)(=O)Nc3cc(C)ccc3OC)cc2)c2ccccc2)cc1. The van der Waals surface area contributed by atoms with Crippen LogP contribution in [0.25, 0.3) is 11.6 Å². The highest BCUT2D eigenvalue weighted by Gasteiger charge is 2.18. The van der Waals surface area contributed by atoms with Crippen molar-refractivity contribution in [2.45, 2.75) is 11.8 Å². The number of ether oxygens (including phenoxy) is 2. The third-order valence-electron chi connectivity index (χ3n) is 5.78. The van der Waals surface area contributed by atoms with Crippen LogP contribution < -0.4 is 19.5 Å². The van der Waals surface area contributed by atoms with Crippen LogP contribution in [0.5, 0.6) is 11.5 Å². The zero-order valence-electron chi connectivity index (χ0n) is 21.3. The van der Waals surface area contributed by atoms with E-state index in [1.54, 1.807) is 37.5 Å². The predicted octanol–water partition coefficient (Wildman–Crippen LogP) is 5.99. The second kappa shape index (κ2) is 11.7. The fourth-order valence-electron chi connectivity index (χ4n) is 3.79. The largest absolute Gasteiger partial charge is 0.497 e. The molecule has 0 saturated heterocycles. The molecule has 0 aromatic heterocycles. The number of nitrogens with one attached hydrogen (secondary N) is 2. The fourth-order valence-corrected chi connectivity index (χ4v) is 4.85. The van der Waals surface area contributed by atoms with Crippen LogP contribution in [0.2, 0.25) is 0 Å². The Morgan fingerprint density at radius 3 is 2.13 bits per heavy atom. The average molecular weight is 529 g/mol. The lowest BCUT2D eigenvalue weighted by Crippen LogP contribution is -2.15. The Hall–Kier alpha value is -4.56. The highest BCUT2D eigenvalue weighted by Crippen LogP contribution is 2.28. The number of carbonyl (C=O) groups is 1. The maximum absolute atomic E-state index is 13.3. The molecule has 0 aliphatic rings. The lowest BCUT2D eigenvalue weighted by atomic mass is 10.0. The van der Waals surface area contributed by atoms with Crippen molar-refractivity contribution in [3.05, 3.63) is 114 Å². The highest BCUT2D eigenvalue weighted by atomic mass is 32.2. The number of carbonyl (C=O) groups excluding carboxylic acids is 1. The van der Waals surface area contributed by atoms with Crippen LogP contribution in [-0.4, -0.2) is 28.5 Å². The first kappa shape index (κ1) is 26.5. The first-order chi connectivity index (χ1) is 18.3. The number of amides is 1. The van der Waals surface area contributed by atoms with Gasteiger partial charge in [0.2, 0.25) is 0 Å². The summed E-state index contributed by atoms with van der Waals surface area (Å²) in [7, 11) is -0.802. The molecule has 0 unspecified atom stereocenters. The van der Waals surface area contributed by atoms with E-state index < -0.39 is 10.0 Å². The highest BCUT2D eigenvalue weighted by molar-refractivity contribution is 7.92. The van der Waals surface area contributed by atoms with E-state index in [-0.39, 0.29) is 10.8 Å². The molecule has 0 radical (unpaired) electrons. The van der Waals surface area contributed by atoms with Gasteiger partial charge in [-0.1, -0.05) is 48.5 Å². The second-order valence-corrected chi connectivity index (χ2v) is 10.2. The predicted molar refractivity (Wildman–Crippen MR) is 151 cm³/mol. The summed E-state index contributed by atoms with van der Waals surface area (Å²) in [6.07, 6.45) is 1.79. The van der Waals surface area contributed by atoms with Gasteiger partial charge in [0.1, 0.15) is 11.5 Å². The number of hydrogen-bond acceptors (Lipinski definition) is 5. The summed E-state index contributed by atoms with van der Waals surface area (Å²) in [4.78, 5) is 13.4. The standard InChI is InChI=1S/C30H28N2O5S/c1-21-9-18-29(37-3)28(19-21)32-38(34,35)26-16-12-24(13-17-26)31-30(33)27(23-7-5-4-6-8-23)20-22-10-14-25(36-2)15-11-22/h4-20,32H,1-3H3,(H,31,33)/b27-20+. The maximum Gasteiger partial charge on any atom is 0.262 e. The molecule has 0 bridgehead atoms. The molecule has 194 valence electrons. The van der Waals surface area contributed by atoms with E-state index in [1.807, 2.05) is 67.6 Å². The van der Waals surface area contributed by atoms with E-state index in [2.05, 4.69) is 10.0 Å². The van der Waals surface area contributed by atoms with Crippen LogP contribution >= 0.6 is 0 Å². The maximum atomic E-state index is 13.3. The van der Waals surface area contributed by atoms with Gasteiger partial charge < -0.3 is 14.8 Å². The van der Waals surface area contributed by atoms with Crippen LogP contribution in [0.1, 0.15) is 16.7 Å². The third kappa shape index (κ3) is 6.41. The molecule has 0 spiro atoms. The average Bonchev–Trinajstić information content (AvgIpc) is 2.92. The molecule has 0 aliphatic carbocycles. The van der Waals surface area contributed by atoms with E-state index in [0.29, 0.717) is 22.7 Å². The molecule has 8 heteroatoms. The Morgan fingerprint density at radius 2 is 1.50 bits per heavy atom. The summed E-state index contributed by atoms with van der Waals surface area (Å²) < 4.78 is 39.0. The number of anilines is 2. The lowest BCUT2D eigenvalue weighted by molar-refractivity contribution is -0.111. The smallest absolute Gasteiger partial charge is 0.262 e. The van der Waals surface area contributed by atoms with Gasteiger partial charge in [-0.05, 0) is 78.2 Å². The molecule has 7 nitrogen and oxygen atoms in total.